The molecule has 19 nitrogen and oxygen atoms in total. The van der Waals surface area contributed by atoms with Gasteiger partial charge in [-0.15, -0.1) is 0 Å². The summed E-state index contributed by atoms with van der Waals surface area (Å²) >= 11 is 0. The summed E-state index contributed by atoms with van der Waals surface area (Å²) in [5.74, 6) is -34.1. The number of aliphatic hydroxyl groups is 16. The molecule has 16 N–H and O–H groups in total. The van der Waals surface area contributed by atoms with E-state index >= 15 is 0 Å². The molecule has 0 bridgehead atoms. The first kappa shape index (κ1) is 26.5. The zero-order valence-electron chi connectivity index (χ0n) is 14.9. The van der Waals surface area contributed by atoms with Gasteiger partial charge in [0.25, 0.3) is 11.6 Å². The van der Waals surface area contributed by atoms with E-state index < -0.39 is 72.1 Å². The van der Waals surface area contributed by atoms with Crippen molar-refractivity contribution in [2.24, 2.45) is 0 Å². The Kier molecular flexibility index (Phi) is 6.08. The third-order valence-electron chi connectivity index (χ3n) is 4.82. The average molecular weight is 470 g/mol. The second kappa shape index (κ2) is 7.12. The second-order valence-corrected chi connectivity index (χ2v) is 6.98. The fraction of sp³-hybridized carbons (Fsp3) is 1.00. The lowest BCUT2D eigenvalue weighted by atomic mass is 9.91. The summed E-state index contributed by atoms with van der Waals surface area (Å²) < 4.78 is 12.6. The van der Waals surface area contributed by atoms with Crippen LogP contribution in [0.5, 0.6) is 0 Å². The largest absolute Gasteiger partial charge is 0.394 e. The van der Waals surface area contributed by atoms with Crippen LogP contribution in [0.25, 0.3) is 0 Å². The Morgan fingerprint density at radius 1 is 0.742 bits per heavy atom. The van der Waals surface area contributed by atoms with E-state index in [1.54, 1.807) is 0 Å². The van der Waals surface area contributed by atoms with Gasteiger partial charge >= 0.3 is 29.5 Å². The lowest BCUT2D eigenvalue weighted by Gasteiger charge is -2.50. The first-order valence-electron chi connectivity index (χ1n) is 7.98. The lowest BCUT2D eigenvalue weighted by molar-refractivity contribution is -0.593. The quantitative estimate of drug-likeness (QED) is 0.166. The predicted octanol–water partition coefficient (Wildman–Crippen LogP) is -10.8. The fourth-order valence-corrected chi connectivity index (χ4v) is 3.00. The molecule has 31 heavy (non-hydrogen) atoms. The van der Waals surface area contributed by atoms with E-state index in [4.69, 9.17) is 20.4 Å². The monoisotopic (exact) mass is 470 g/mol. The Balaban J connectivity index is 2.71. The van der Waals surface area contributed by atoms with Crippen molar-refractivity contribution in [1.29, 1.82) is 0 Å². The minimum atomic E-state index is -5.11. The molecule has 0 radical (unpaired) electrons. The van der Waals surface area contributed by atoms with Gasteiger partial charge in [0.05, 0.1) is 6.61 Å². The van der Waals surface area contributed by atoms with Gasteiger partial charge in [-0.1, -0.05) is 0 Å². The summed E-state index contributed by atoms with van der Waals surface area (Å²) in [6.45, 7) is -1.27. The van der Waals surface area contributed by atoms with Gasteiger partial charge in [-0.2, -0.15) is 0 Å². The van der Waals surface area contributed by atoms with Crippen LogP contribution in [-0.2, 0) is 14.2 Å². The molecule has 19 heteroatoms. The predicted molar refractivity (Wildman–Crippen MR) is 77.9 cm³/mol. The Morgan fingerprint density at radius 2 is 1.23 bits per heavy atom. The SMILES string of the molecule is OC[C@H]1O[C@](O)(O[C@]2(C(O)(O)O)O[C@](O)(C(O)(O)O)C(O)(O)C2(O)O)[C@H](O)[C@@H](O)[C@@H]1O. The van der Waals surface area contributed by atoms with Crippen LogP contribution in [-0.4, -0.2) is 154 Å². The van der Waals surface area contributed by atoms with Crippen molar-refractivity contribution in [3.8, 4) is 0 Å². The Labute approximate surface area is 169 Å². The van der Waals surface area contributed by atoms with E-state index in [1.807, 2.05) is 0 Å². The molecule has 2 heterocycles. The van der Waals surface area contributed by atoms with Gasteiger partial charge in [0.2, 0.25) is 0 Å². The summed E-state index contributed by atoms with van der Waals surface area (Å²) in [5, 5.41) is 155. The maximum absolute atomic E-state index is 10.3. The van der Waals surface area contributed by atoms with E-state index in [9.17, 15) is 61.3 Å². The van der Waals surface area contributed by atoms with Crippen LogP contribution in [0, 0.1) is 0 Å². The van der Waals surface area contributed by atoms with E-state index in [0.29, 0.717) is 0 Å². The zero-order chi connectivity index (χ0) is 24.6. The molecule has 2 aliphatic rings. The molecule has 7 atom stereocenters. The lowest BCUT2D eigenvalue weighted by Crippen LogP contribution is -2.78. The number of ether oxygens (including phenoxy) is 3. The average Bonchev–Trinajstić information content (AvgIpc) is 2.72. The molecule has 2 saturated heterocycles. The molecule has 2 aliphatic heterocycles. The fourth-order valence-electron chi connectivity index (χ4n) is 3.00. The maximum Gasteiger partial charge on any atom is 0.339 e. The third-order valence-corrected chi connectivity index (χ3v) is 4.82. The number of hydrogen-bond donors (Lipinski definition) is 16. The maximum atomic E-state index is 10.3. The first-order chi connectivity index (χ1) is 13.6. The molecule has 0 aromatic heterocycles. The minimum absolute atomic E-state index is 1.27. The summed E-state index contributed by atoms with van der Waals surface area (Å²) in [4.78, 5) is 0. The molecule has 0 aromatic carbocycles. The molecule has 0 amide bonds. The van der Waals surface area contributed by atoms with Crippen molar-refractivity contribution in [3.63, 3.8) is 0 Å². The summed E-state index contributed by atoms with van der Waals surface area (Å²) in [5.41, 5.74) is 0. The summed E-state index contributed by atoms with van der Waals surface area (Å²) in [7, 11) is 0. The third kappa shape index (κ3) is 3.29. The van der Waals surface area contributed by atoms with Crippen LogP contribution in [0.2, 0.25) is 0 Å². The topological polar surface area (TPSA) is 351 Å². The van der Waals surface area contributed by atoms with Crippen molar-refractivity contribution in [3.05, 3.63) is 0 Å². The Hall–Kier alpha value is -0.760. The second-order valence-electron chi connectivity index (χ2n) is 6.98. The highest BCUT2D eigenvalue weighted by molar-refractivity contribution is 5.15. The Bertz CT molecular complexity index is 680. The first-order valence-corrected chi connectivity index (χ1v) is 7.98. The van der Waals surface area contributed by atoms with Crippen LogP contribution >= 0.6 is 0 Å². The highest BCUT2D eigenvalue weighted by Crippen LogP contribution is 2.56. The van der Waals surface area contributed by atoms with E-state index in [0.717, 1.165) is 0 Å². The van der Waals surface area contributed by atoms with Crippen LogP contribution < -0.4 is 0 Å². The van der Waals surface area contributed by atoms with Crippen LogP contribution in [0.1, 0.15) is 0 Å². The minimum Gasteiger partial charge on any atom is -0.394 e. The number of hydrogen-bond acceptors (Lipinski definition) is 19. The van der Waals surface area contributed by atoms with Crippen molar-refractivity contribution in [2.45, 2.75) is 65.5 Å². The molecule has 0 spiro atoms. The van der Waals surface area contributed by atoms with Gasteiger partial charge in [-0.25, -0.2) is 0 Å². The van der Waals surface area contributed by atoms with Crippen molar-refractivity contribution in [1.82, 2.24) is 0 Å². The van der Waals surface area contributed by atoms with Gasteiger partial charge in [0, 0.05) is 0 Å². The van der Waals surface area contributed by atoms with Crippen molar-refractivity contribution in [2.75, 3.05) is 6.61 Å². The van der Waals surface area contributed by atoms with Gasteiger partial charge in [0.15, 0.2) is 6.10 Å². The number of rotatable bonds is 5. The molecule has 184 valence electrons. The highest BCUT2D eigenvalue weighted by atomic mass is 17.0. The molecule has 0 unspecified atom stereocenters. The molecule has 0 aliphatic carbocycles. The van der Waals surface area contributed by atoms with Crippen molar-refractivity contribution < 1.29 is 95.9 Å². The van der Waals surface area contributed by atoms with Crippen LogP contribution in [0.15, 0.2) is 0 Å². The summed E-state index contributed by atoms with van der Waals surface area (Å²) in [6.07, 6.45) is -9.79. The van der Waals surface area contributed by atoms with E-state index in [-0.39, 0.29) is 0 Å². The normalized spacial score (nSPS) is 45.7. The molecule has 0 aromatic rings. The molecule has 2 rings (SSSR count). The van der Waals surface area contributed by atoms with Crippen LogP contribution in [0.3, 0.4) is 0 Å². The summed E-state index contributed by atoms with van der Waals surface area (Å²) in [6, 6.07) is 0. The van der Waals surface area contributed by atoms with Crippen molar-refractivity contribution >= 4 is 0 Å². The van der Waals surface area contributed by atoms with Gasteiger partial charge in [-0.3, -0.25) is 9.47 Å². The molecule has 2 fully saturated rings. The zero-order valence-corrected chi connectivity index (χ0v) is 14.9. The molecular formula is C12H22O19. The molecule has 0 saturated carbocycles. The smallest absolute Gasteiger partial charge is 0.339 e. The van der Waals surface area contributed by atoms with Crippen LogP contribution in [0.4, 0.5) is 0 Å². The van der Waals surface area contributed by atoms with Gasteiger partial charge in [0.1, 0.15) is 18.3 Å². The molecular weight excluding hydrogens is 448 g/mol. The standard InChI is InChI=1S/C12H22O19/c13-1-2-3(14)4(15)5(16)6(17,29-2)30-10(12(26,27)28)8(20,21)7(18,19)9(22,31-10)11(23,24)25/h2-5,13-28H,1H2/t2-,3-,4+,5-,6+,9+,10+/m1/s1. The van der Waals surface area contributed by atoms with Gasteiger partial charge in [-0.05, 0) is 0 Å². The van der Waals surface area contributed by atoms with E-state index in [2.05, 4.69) is 14.2 Å². The highest BCUT2D eigenvalue weighted by Gasteiger charge is 2.92. The Morgan fingerprint density at radius 3 is 1.58 bits per heavy atom. The van der Waals surface area contributed by atoms with E-state index in [1.165, 1.54) is 0 Å². The van der Waals surface area contributed by atoms with Gasteiger partial charge < -0.3 is 86.4 Å². The number of aliphatic hydroxyl groups excluding tert-OH is 4.